The van der Waals surface area contributed by atoms with Gasteiger partial charge in [-0.05, 0) is 26.0 Å². The Hall–Kier alpha value is 0.270. The molecule has 1 heterocycles. The number of hydrogen-bond acceptors (Lipinski definition) is 3. The fraction of sp³-hybridized carbons (Fsp3) is 1.00. The monoisotopic (exact) mass is 161 g/mol. The molecule has 1 aliphatic heterocycles. The van der Waals surface area contributed by atoms with Crippen LogP contribution in [0.4, 0.5) is 0 Å². The zero-order valence-corrected chi connectivity index (χ0v) is 7.40. The standard InChI is InChI=1S/C7H15NOS/c1-6-5-7(9)3-4-8(6)10-2/h6-7,9H,3-5H2,1-2H3/t6-,7?/m0/s1. The van der Waals surface area contributed by atoms with Gasteiger partial charge in [0, 0.05) is 12.6 Å². The SMILES string of the molecule is CSN1CCC(O)C[C@@H]1C. The smallest absolute Gasteiger partial charge is 0.0568 e. The first kappa shape index (κ1) is 8.37. The number of piperidine rings is 1. The van der Waals surface area contributed by atoms with Gasteiger partial charge in [-0.1, -0.05) is 11.9 Å². The first-order valence-electron chi connectivity index (χ1n) is 3.73. The lowest BCUT2D eigenvalue weighted by Gasteiger charge is -2.33. The Bertz CT molecular complexity index is 110. The molecule has 0 aromatic rings. The van der Waals surface area contributed by atoms with Gasteiger partial charge < -0.3 is 5.11 Å². The van der Waals surface area contributed by atoms with E-state index in [1.807, 2.05) is 0 Å². The molecule has 1 aliphatic rings. The van der Waals surface area contributed by atoms with Crippen molar-refractivity contribution in [2.24, 2.45) is 0 Å². The third kappa shape index (κ3) is 1.87. The molecule has 0 bridgehead atoms. The molecule has 0 amide bonds. The van der Waals surface area contributed by atoms with E-state index >= 15 is 0 Å². The molecule has 1 unspecified atom stereocenters. The first-order valence-corrected chi connectivity index (χ1v) is 4.91. The topological polar surface area (TPSA) is 23.5 Å². The van der Waals surface area contributed by atoms with Gasteiger partial charge in [0.2, 0.25) is 0 Å². The highest BCUT2D eigenvalue weighted by Gasteiger charge is 2.22. The van der Waals surface area contributed by atoms with Crippen LogP contribution in [0.15, 0.2) is 0 Å². The van der Waals surface area contributed by atoms with Gasteiger partial charge in [0.1, 0.15) is 0 Å². The molecule has 0 spiro atoms. The molecule has 2 atom stereocenters. The third-order valence-electron chi connectivity index (χ3n) is 2.02. The van der Waals surface area contributed by atoms with Crippen LogP contribution in [0, 0.1) is 0 Å². The normalized spacial score (nSPS) is 36.3. The summed E-state index contributed by atoms with van der Waals surface area (Å²) in [4.78, 5) is 0. The molecular formula is C7H15NOS. The van der Waals surface area contributed by atoms with Crippen molar-refractivity contribution in [1.82, 2.24) is 4.31 Å². The summed E-state index contributed by atoms with van der Waals surface area (Å²) in [6.07, 6.45) is 3.90. The lowest BCUT2D eigenvalue weighted by Crippen LogP contribution is -2.37. The second-order valence-corrected chi connectivity index (χ2v) is 3.68. The highest BCUT2D eigenvalue weighted by molar-refractivity contribution is 7.96. The van der Waals surface area contributed by atoms with E-state index in [1.165, 1.54) is 0 Å². The number of aliphatic hydroxyl groups excluding tert-OH is 1. The van der Waals surface area contributed by atoms with Gasteiger partial charge in [-0.2, -0.15) is 0 Å². The van der Waals surface area contributed by atoms with Crippen LogP contribution in [0.3, 0.4) is 0 Å². The molecule has 0 aromatic carbocycles. The highest BCUT2D eigenvalue weighted by Crippen LogP contribution is 2.22. The van der Waals surface area contributed by atoms with Crippen LogP contribution in [0.5, 0.6) is 0 Å². The van der Waals surface area contributed by atoms with Crippen LogP contribution in [-0.4, -0.2) is 34.4 Å². The Kier molecular flexibility index (Phi) is 3.01. The largest absolute Gasteiger partial charge is 0.393 e. The zero-order valence-electron chi connectivity index (χ0n) is 6.58. The van der Waals surface area contributed by atoms with Crippen LogP contribution in [0.25, 0.3) is 0 Å². The summed E-state index contributed by atoms with van der Waals surface area (Å²) in [5.74, 6) is 0. The highest BCUT2D eigenvalue weighted by atomic mass is 32.2. The summed E-state index contributed by atoms with van der Waals surface area (Å²) >= 11 is 1.78. The first-order chi connectivity index (χ1) is 4.74. The molecule has 1 rings (SSSR count). The van der Waals surface area contributed by atoms with Crippen LogP contribution in [-0.2, 0) is 0 Å². The molecule has 1 N–H and O–H groups in total. The quantitative estimate of drug-likeness (QED) is 0.583. The van der Waals surface area contributed by atoms with Crippen LogP contribution in [0.1, 0.15) is 19.8 Å². The van der Waals surface area contributed by atoms with E-state index in [4.69, 9.17) is 0 Å². The maximum Gasteiger partial charge on any atom is 0.0568 e. The average Bonchev–Trinajstić information content (AvgIpc) is 1.88. The van der Waals surface area contributed by atoms with Gasteiger partial charge in [0.25, 0.3) is 0 Å². The average molecular weight is 161 g/mol. The minimum absolute atomic E-state index is 0.0570. The van der Waals surface area contributed by atoms with Crippen molar-refractivity contribution in [2.75, 3.05) is 12.8 Å². The number of nitrogens with zero attached hydrogens (tertiary/aromatic N) is 1. The van der Waals surface area contributed by atoms with Crippen molar-refractivity contribution in [2.45, 2.75) is 31.9 Å². The van der Waals surface area contributed by atoms with Gasteiger partial charge >= 0.3 is 0 Å². The van der Waals surface area contributed by atoms with E-state index < -0.39 is 0 Å². The second-order valence-electron chi connectivity index (χ2n) is 2.85. The van der Waals surface area contributed by atoms with E-state index in [-0.39, 0.29) is 6.10 Å². The van der Waals surface area contributed by atoms with Gasteiger partial charge in [-0.3, -0.25) is 0 Å². The lowest BCUT2D eigenvalue weighted by molar-refractivity contribution is 0.0911. The summed E-state index contributed by atoms with van der Waals surface area (Å²) in [6, 6.07) is 0.541. The molecule has 1 saturated heterocycles. The van der Waals surface area contributed by atoms with Crippen molar-refractivity contribution < 1.29 is 5.11 Å². The molecule has 0 saturated carbocycles. The Morgan fingerprint density at radius 3 is 2.80 bits per heavy atom. The molecule has 1 fully saturated rings. The molecule has 0 radical (unpaired) electrons. The van der Waals surface area contributed by atoms with E-state index in [2.05, 4.69) is 17.5 Å². The molecule has 2 nitrogen and oxygen atoms in total. The van der Waals surface area contributed by atoms with Gasteiger partial charge in [0.05, 0.1) is 6.10 Å². The summed E-state index contributed by atoms with van der Waals surface area (Å²) in [5.41, 5.74) is 0. The zero-order chi connectivity index (χ0) is 7.56. The van der Waals surface area contributed by atoms with Crippen molar-refractivity contribution in [1.29, 1.82) is 0 Å². The number of rotatable bonds is 1. The Morgan fingerprint density at radius 1 is 1.60 bits per heavy atom. The Morgan fingerprint density at radius 2 is 2.30 bits per heavy atom. The Labute approximate surface area is 66.7 Å². The van der Waals surface area contributed by atoms with E-state index in [0.29, 0.717) is 6.04 Å². The minimum Gasteiger partial charge on any atom is -0.393 e. The van der Waals surface area contributed by atoms with Crippen molar-refractivity contribution in [3.05, 3.63) is 0 Å². The van der Waals surface area contributed by atoms with E-state index in [9.17, 15) is 5.11 Å². The molecule has 60 valence electrons. The molecular weight excluding hydrogens is 146 g/mol. The van der Waals surface area contributed by atoms with E-state index in [0.717, 1.165) is 19.4 Å². The van der Waals surface area contributed by atoms with Crippen molar-refractivity contribution in [3.63, 3.8) is 0 Å². The predicted octanol–water partition coefficient (Wildman–Crippen LogP) is 1.11. The number of hydrogen-bond donors (Lipinski definition) is 1. The lowest BCUT2D eigenvalue weighted by atomic mass is 10.0. The van der Waals surface area contributed by atoms with Gasteiger partial charge in [-0.25, -0.2) is 4.31 Å². The summed E-state index contributed by atoms with van der Waals surface area (Å²) in [7, 11) is 0. The third-order valence-corrected chi connectivity index (χ3v) is 3.03. The maximum absolute atomic E-state index is 9.26. The van der Waals surface area contributed by atoms with E-state index in [1.54, 1.807) is 11.9 Å². The molecule has 10 heavy (non-hydrogen) atoms. The maximum atomic E-state index is 9.26. The Balaban J connectivity index is 2.36. The van der Waals surface area contributed by atoms with Crippen molar-refractivity contribution >= 4 is 11.9 Å². The van der Waals surface area contributed by atoms with Crippen LogP contribution < -0.4 is 0 Å². The summed E-state index contributed by atoms with van der Waals surface area (Å²) < 4.78 is 2.33. The fourth-order valence-corrected chi connectivity index (χ4v) is 2.13. The second kappa shape index (κ2) is 3.60. The minimum atomic E-state index is -0.0570. The van der Waals surface area contributed by atoms with Gasteiger partial charge in [-0.15, -0.1) is 0 Å². The predicted molar refractivity (Wildman–Crippen MR) is 44.9 cm³/mol. The van der Waals surface area contributed by atoms with Gasteiger partial charge in [0.15, 0.2) is 0 Å². The van der Waals surface area contributed by atoms with Crippen LogP contribution >= 0.6 is 11.9 Å². The summed E-state index contributed by atoms with van der Waals surface area (Å²) in [6.45, 7) is 3.20. The molecule has 0 aromatic heterocycles. The van der Waals surface area contributed by atoms with Crippen molar-refractivity contribution in [3.8, 4) is 0 Å². The molecule has 3 heteroatoms. The number of aliphatic hydroxyl groups is 1. The fourth-order valence-electron chi connectivity index (χ4n) is 1.40. The summed E-state index contributed by atoms with van der Waals surface area (Å²) in [5, 5.41) is 9.26. The molecule has 0 aliphatic carbocycles. The van der Waals surface area contributed by atoms with Crippen LogP contribution in [0.2, 0.25) is 0 Å².